The molecule has 1 aliphatic carbocycles. The van der Waals surface area contributed by atoms with Gasteiger partial charge in [0, 0.05) is 34.9 Å². The number of carbonyl (C=O) groups excluding carboxylic acids is 2. The van der Waals surface area contributed by atoms with Crippen molar-refractivity contribution in [3.63, 3.8) is 0 Å². The van der Waals surface area contributed by atoms with Gasteiger partial charge in [-0.2, -0.15) is 0 Å². The summed E-state index contributed by atoms with van der Waals surface area (Å²) in [4.78, 5) is 52.9. The van der Waals surface area contributed by atoms with E-state index in [1.807, 2.05) is 6.08 Å². The number of nitrogens with zero attached hydrogens (tertiary/aromatic N) is 1. The number of aromatic nitrogens is 1. The van der Waals surface area contributed by atoms with Crippen LogP contribution in [0.15, 0.2) is 36.5 Å². The Balaban J connectivity index is 1.58. The molecular formula is C23H26N4O6. The van der Waals surface area contributed by atoms with Crippen LogP contribution in [-0.2, 0) is 19.2 Å². The number of hydrogen-bond acceptors (Lipinski definition) is 5. The molecule has 1 saturated heterocycles. The van der Waals surface area contributed by atoms with Crippen LogP contribution in [0.3, 0.4) is 0 Å². The number of aromatic amines is 1. The lowest BCUT2D eigenvalue weighted by atomic mass is 9.82. The van der Waals surface area contributed by atoms with Crippen LogP contribution >= 0.6 is 0 Å². The summed E-state index contributed by atoms with van der Waals surface area (Å²) in [5.41, 5.74) is 7.08. The van der Waals surface area contributed by atoms with Gasteiger partial charge in [-0.3, -0.25) is 24.1 Å². The van der Waals surface area contributed by atoms with Gasteiger partial charge in [0.2, 0.25) is 11.8 Å². The fourth-order valence-corrected chi connectivity index (χ4v) is 4.92. The zero-order valence-corrected chi connectivity index (χ0v) is 17.9. The number of primary amides is 1. The average molecular weight is 454 g/mol. The lowest BCUT2D eigenvalue weighted by Crippen LogP contribution is -2.44. The molecule has 2 aliphatic rings. The van der Waals surface area contributed by atoms with Crippen molar-refractivity contribution in [3.8, 4) is 0 Å². The maximum Gasteiger partial charge on any atom is 0.325 e. The molecule has 2 aromatic rings. The molecule has 33 heavy (non-hydrogen) atoms. The van der Waals surface area contributed by atoms with E-state index in [0.717, 1.165) is 0 Å². The minimum absolute atomic E-state index is 0.311. The van der Waals surface area contributed by atoms with E-state index in [0.29, 0.717) is 54.4 Å². The molecule has 174 valence electrons. The second kappa shape index (κ2) is 9.07. The van der Waals surface area contributed by atoms with E-state index in [2.05, 4.69) is 10.3 Å². The van der Waals surface area contributed by atoms with Gasteiger partial charge >= 0.3 is 11.9 Å². The Bertz CT molecular complexity index is 1140. The van der Waals surface area contributed by atoms with Gasteiger partial charge in [0.25, 0.3) is 0 Å². The molecule has 1 fully saturated rings. The number of anilines is 1. The summed E-state index contributed by atoms with van der Waals surface area (Å²) in [6.07, 6.45) is 7.05. The molecule has 10 nitrogen and oxygen atoms in total. The molecule has 0 radical (unpaired) electrons. The molecule has 4 rings (SSSR count). The van der Waals surface area contributed by atoms with Crippen LogP contribution in [0.25, 0.3) is 10.9 Å². The number of fused-ring (bicyclic) bond motifs is 1. The molecule has 1 aromatic heterocycles. The minimum atomic E-state index is -1.08. The van der Waals surface area contributed by atoms with Crippen molar-refractivity contribution in [3.05, 3.63) is 42.1 Å². The van der Waals surface area contributed by atoms with E-state index < -0.39 is 41.8 Å². The first-order valence-corrected chi connectivity index (χ1v) is 10.9. The fourth-order valence-electron chi connectivity index (χ4n) is 4.92. The van der Waals surface area contributed by atoms with Crippen LogP contribution in [0.1, 0.15) is 37.3 Å². The second-order valence-electron chi connectivity index (χ2n) is 8.53. The Morgan fingerprint density at radius 1 is 1.12 bits per heavy atom. The maximum absolute atomic E-state index is 12.7. The van der Waals surface area contributed by atoms with E-state index in [4.69, 9.17) is 5.73 Å². The molecule has 6 N–H and O–H groups in total. The SMILES string of the molecule is NC(=O)[C@@H]1CCCN1[C@@H](C(=O)O)c1c[nH]c2cc(NC(=O)[C@H]3CC=CC[C@H]3C(=O)O)ccc12. The van der Waals surface area contributed by atoms with Crippen LogP contribution in [0.4, 0.5) is 5.69 Å². The molecule has 2 amide bonds. The number of benzene rings is 1. The highest BCUT2D eigenvalue weighted by Crippen LogP contribution is 2.35. The number of carboxylic acid groups (broad SMARTS) is 2. The number of H-pyrrole nitrogens is 1. The lowest BCUT2D eigenvalue weighted by Gasteiger charge is -2.28. The van der Waals surface area contributed by atoms with Crippen molar-refractivity contribution in [2.75, 3.05) is 11.9 Å². The van der Waals surface area contributed by atoms with Crippen molar-refractivity contribution in [2.45, 2.75) is 37.8 Å². The predicted molar refractivity (Wildman–Crippen MR) is 119 cm³/mol. The van der Waals surface area contributed by atoms with Gasteiger partial charge in [-0.05, 0) is 37.8 Å². The molecule has 1 aliphatic heterocycles. The van der Waals surface area contributed by atoms with Gasteiger partial charge in [-0.15, -0.1) is 0 Å². The Labute approximate surface area is 189 Å². The summed E-state index contributed by atoms with van der Waals surface area (Å²) in [7, 11) is 0. The fraction of sp³-hybridized carbons (Fsp3) is 0.391. The summed E-state index contributed by atoms with van der Waals surface area (Å²) in [6.45, 7) is 0.450. The standard InChI is InChI=1S/C23H26N4O6/c24-20(28)18-6-3-9-27(18)19(23(32)33)16-11-25-17-10-12(7-8-13(16)17)26-21(29)14-4-1-2-5-15(14)22(30)31/h1-2,7-8,10-11,14-15,18-19,25H,3-6,9H2,(H2,24,28)(H,26,29)(H,30,31)(H,32,33)/t14-,15+,18-,19+/m0/s1. The smallest absolute Gasteiger partial charge is 0.325 e. The van der Waals surface area contributed by atoms with Crippen LogP contribution < -0.4 is 11.1 Å². The van der Waals surface area contributed by atoms with E-state index in [9.17, 15) is 29.4 Å². The summed E-state index contributed by atoms with van der Waals surface area (Å²) in [6, 6.07) is 3.36. The van der Waals surface area contributed by atoms with Crippen LogP contribution in [-0.4, -0.2) is 56.4 Å². The zero-order valence-electron chi connectivity index (χ0n) is 17.9. The molecule has 10 heteroatoms. The normalized spacial score (nSPS) is 23.9. The summed E-state index contributed by atoms with van der Waals surface area (Å²) in [5, 5.41) is 22.8. The predicted octanol–water partition coefficient (Wildman–Crippen LogP) is 1.85. The van der Waals surface area contributed by atoms with Gasteiger partial charge in [-0.1, -0.05) is 18.2 Å². The van der Waals surface area contributed by atoms with Gasteiger partial charge in [0.15, 0.2) is 0 Å². The van der Waals surface area contributed by atoms with Crippen LogP contribution in [0.5, 0.6) is 0 Å². The molecule has 2 heterocycles. The van der Waals surface area contributed by atoms with Crippen molar-refractivity contribution >= 4 is 40.3 Å². The largest absolute Gasteiger partial charge is 0.481 e. The summed E-state index contributed by atoms with van der Waals surface area (Å²) < 4.78 is 0. The Morgan fingerprint density at radius 2 is 1.85 bits per heavy atom. The molecule has 0 saturated carbocycles. The monoisotopic (exact) mass is 454 g/mol. The first kappa shape index (κ1) is 22.5. The molecule has 0 spiro atoms. The van der Waals surface area contributed by atoms with Gasteiger partial charge in [0.1, 0.15) is 6.04 Å². The Kier molecular flexibility index (Phi) is 6.19. The van der Waals surface area contributed by atoms with Crippen molar-refractivity contribution in [1.29, 1.82) is 0 Å². The number of nitrogens with two attached hydrogens (primary N) is 1. The first-order valence-electron chi connectivity index (χ1n) is 10.9. The Hall–Kier alpha value is -3.66. The number of hydrogen-bond donors (Lipinski definition) is 5. The number of carbonyl (C=O) groups is 4. The second-order valence-corrected chi connectivity index (χ2v) is 8.53. The van der Waals surface area contributed by atoms with Gasteiger partial charge in [-0.25, -0.2) is 0 Å². The van der Waals surface area contributed by atoms with Crippen molar-refractivity contribution in [2.24, 2.45) is 17.6 Å². The third kappa shape index (κ3) is 4.34. The maximum atomic E-state index is 12.7. The average Bonchev–Trinajstić information content (AvgIpc) is 3.41. The van der Waals surface area contributed by atoms with Crippen molar-refractivity contribution < 1.29 is 29.4 Å². The van der Waals surface area contributed by atoms with Crippen molar-refractivity contribution in [1.82, 2.24) is 9.88 Å². The summed E-state index contributed by atoms with van der Waals surface area (Å²) >= 11 is 0. The third-order valence-electron chi connectivity index (χ3n) is 6.55. The zero-order chi connectivity index (χ0) is 23.7. The highest BCUT2D eigenvalue weighted by molar-refractivity contribution is 5.98. The molecule has 0 unspecified atom stereocenters. The molecule has 0 bridgehead atoms. The number of allylic oxidation sites excluding steroid dienone is 2. The topological polar surface area (TPSA) is 166 Å². The quantitative estimate of drug-likeness (QED) is 0.398. The minimum Gasteiger partial charge on any atom is -0.481 e. The highest BCUT2D eigenvalue weighted by atomic mass is 16.4. The number of likely N-dealkylation sites (tertiary alicyclic amines) is 1. The molecule has 1 aromatic carbocycles. The first-order chi connectivity index (χ1) is 15.8. The van der Waals surface area contributed by atoms with E-state index in [-0.39, 0.29) is 5.91 Å². The number of amides is 2. The Morgan fingerprint density at radius 3 is 2.52 bits per heavy atom. The number of rotatable bonds is 7. The molecular weight excluding hydrogens is 428 g/mol. The van der Waals surface area contributed by atoms with E-state index >= 15 is 0 Å². The van der Waals surface area contributed by atoms with Crippen LogP contribution in [0.2, 0.25) is 0 Å². The number of carboxylic acids is 2. The summed E-state index contributed by atoms with van der Waals surface area (Å²) in [5.74, 6) is -4.43. The number of aliphatic carboxylic acids is 2. The van der Waals surface area contributed by atoms with Gasteiger partial charge in [0.05, 0.1) is 17.9 Å². The molecule has 4 atom stereocenters. The number of nitrogens with one attached hydrogen (secondary N) is 2. The van der Waals surface area contributed by atoms with E-state index in [1.165, 1.54) is 0 Å². The van der Waals surface area contributed by atoms with Gasteiger partial charge < -0.3 is 26.2 Å². The van der Waals surface area contributed by atoms with E-state index in [1.54, 1.807) is 35.4 Å². The highest BCUT2D eigenvalue weighted by Gasteiger charge is 2.39. The third-order valence-corrected chi connectivity index (χ3v) is 6.55. The lowest BCUT2D eigenvalue weighted by molar-refractivity contribution is -0.146. The van der Waals surface area contributed by atoms with Crippen LogP contribution in [0, 0.1) is 11.8 Å².